The average Bonchev–Trinajstić information content (AvgIpc) is 2.44. The van der Waals surface area contributed by atoms with E-state index in [1.165, 1.54) is 0 Å². The summed E-state index contributed by atoms with van der Waals surface area (Å²) in [4.78, 5) is 0. The van der Waals surface area contributed by atoms with E-state index in [4.69, 9.17) is 4.74 Å². The van der Waals surface area contributed by atoms with Gasteiger partial charge in [0.1, 0.15) is 11.5 Å². The van der Waals surface area contributed by atoms with E-state index in [1.807, 2.05) is 24.3 Å². The largest absolute Gasteiger partial charge is 0.507 e. The fraction of sp³-hybridized carbons (Fsp3) is 0.333. The van der Waals surface area contributed by atoms with Crippen LogP contribution in [-0.4, -0.2) is 23.4 Å². The Bertz CT molecular complexity index is 604. The smallest absolute Gasteiger partial charge is 0.127 e. The Morgan fingerprint density at radius 2 is 1.67 bits per heavy atom. The lowest BCUT2D eigenvalue weighted by Crippen LogP contribution is -2.21. The third kappa shape index (κ3) is 1.55. The molecule has 0 heterocycles. The van der Waals surface area contributed by atoms with Crippen LogP contribution in [0.3, 0.4) is 0 Å². The molecule has 3 nitrogen and oxygen atoms in total. The zero-order valence-electron chi connectivity index (χ0n) is 10.3. The second-order valence-corrected chi connectivity index (χ2v) is 4.80. The summed E-state index contributed by atoms with van der Waals surface area (Å²) in [6, 6.07) is 7.41. The molecule has 0 amide bonds. The lowest BCUT2D eigenvalue weighted by molar-refractivity contribution is 0.0901. The number of benzene rings is 2. The minimum Gasteiger partial charge on any atom is -0.507 e. The molecule has 2 aromatic carbocycles. The number of aromatic hydroxyl groups is 2. The molecule has 18 heavy (non-hydrogen) atoms. The van der Waals surface area contributed by atoms with Gasteiger partial charge in [-0.1, -0.05) is 24.3 Å². The van der Waals surface area contributed by atoms with Crippen LogP contribution in [0.2, 0.25) is 0 Å². The maximum atomic E-state index is 10.4. The van der Waals surface area contributed by atoms with Gasteiger partial charge in [0.2, 0.25) is 0 Å². The molecule has 1 atom stereocenters. The molecule has 94 valence electrons. The fourth-order valence-corrected chi connectivity index (χ4v) is 2.83. The van der Waals surface area contributed by atoms with Crippen LogP contribution < -0.4 is 0 Å². The molecule has 3 heteroatoms. The van der Waals surface area contributed by atoms with Gasteiger partial charge in [-0.2, -0.15) is 0 Å². The summed E-state index contributed by atoms with van der Waals surface area (Å²) in [7, 11) is 1.69. The number of methoxy groups -OCH3 is 1. The summed E-state index contributed by atoms with van der Waals surface area (Å²) in [6.45, 7) is 0. The van der Waals surface area contributed by atoms with E-state index < -0.39 is 0 Å². The van der Waals surface area contributed by atoms with Crippen LogP contribution >= 0.6 is 0 Å². The van der Waals surface area contributed by atoms with Gasteiger partial charge in [0, 0.05) is 35.4 Å². The highest BCUT2D eigenvalue weighted by atomic mass is 16.5. The van der Waals surface area contributed by atoms with E-state index in [1.54, 1.807) is 7.11 Å². The Balaban J connectivity index is 2.27. The topological polar surface area (TPSA) is 49.7 Å². The lowest BCUT2D eigenvalue weighted by Gasteiger charge is -2.26. The second-order valence-electron chi connectivity index (χ2n) is 4.80. The maximum absolute atomic E-state index is 10.4. The second kappa shape index (κ2) is 4.18. The predicted molar refractivity (Wildman–Crippen MR) is 70.1 cm³/mol. The van der Waals surface area contributed by atoms with Gasteiger partial charge in [0.25, 0.3) is 0 Å². The van der Waals surface area contributed by atoms with Crippen molar-refractivity contribution >= 4 is 10.8 Å². The molecule has 0 bridgehead atoms. The van der Waals surface area contributed by atoms with Gasteiger partial charge in [-0.15, -0.1) is 0 Å². The van der Waals surface area contributed by atoms with Crippen molar-refractivity contribution in [3.63, 3.8) is 0 Å². The highest BCUT2D eigenvalue weighted by molar-refractivity contribution is 5.95. The van der Waals surface area contributed by atoms with Crippen molar-refractivity contribution in [1.29, 1.82) is 0 Å². The molecule has 0 aromatic heterocycles. The predicted octanol–water partition coefficient (Wildman–Crippen LogP) is 2.75. The normalized spacial score (nSPS) is 18.8. The van der Waals surface area contributed by atoms with Crippen molar-refractivity contribution in [3.05, 3.63) is 35.4 Å². The quantitative estimate of drug-likeness (QED) is 0.758. The van der Waals surface area contributed by atoms with Gasteiger partial charge >= 0.3 is 0 Å². The van der Waals surface area contributed by atoms with Gasteiger partial charge in [0.05, 0.1) is 6.10 Å². The Kier molecular flexibility index (Phi) is 2.63. The number of rotatable bonds is 1. The molecule has 0 saturated heterocycles. The Morgan fingerprint density at radius 1 is 1.06 bits per heavy atom. The van der Waals surface area contributed by atoms with E-state index in [0.29, 0.717) is 23.3 Å². The first kappa shape index (κ1) is 11.4. The molecule has 1 aliphatic rings. The monoisotopic (exact) mass is 244 g/mol. The van der Waals surface area contributed by atoms with Gasteiger partial charge in [-0.3, -0.25) is 0 Å². The Labute approximate surface area is 106 Å². The van der Waals surface area contributed by atoms with Crippen molar-refractivity contribution in [3.8, 4) is 11.5 Å². The summed E-state index contributed by atoms with van der Waals surface area (Å²) in [5, 5.41) is 22.1. The minimum atomic E-state index is 0.129. The van der Waals surface area contributed by atoms with Crippen LogP contribution in [-0.2, 0) is 17.6 Å². The lowest BCUT2D eigenvalue weighted by atomic mass is 9.86. The van der Waals surface area contributed by atoms with Crippen molar-refractivity contribution < 1.29 is 14.9 Å². The van der Waals surface area contributed by atoms with E-state index in [-0.39, 0.29) is 6.10 Å². The molecule has 3 rings (SSSR count). The number of fused-ring (bicyclic) bond motifs is 2. The standard InChI is InChI=1S/C15H16O3/c1-18-9-6-7-12-13(8-9)15(17)11-5-3-2-4-10(11)14(12)16/h2-5,9,16-17H,6-8H2,1H3. The molecule has 2 aromatic rings. The van der Waals surface area contributed by atoms with Crippen LogP contribution in [0.5, 0.6) is 11.5 Å². The molecule has 2 N–H and O–H groups in total. The van der Waals surface area contributed by atoms with E-state index >= 15 is 0 Å². The fourth-order valence-electron chi connectivity index (χ4n) is 2.83. The van der Waals surface area contributed by atoms with Crippen molar-refractivity contribution in [1.82, 2.24) is 0 Å². The van der Waals surface area contributed by atoms with Crippen LogP contribution in [0, 0.1) is 0 Å². The van der Waals surface area contributed by atoms with Crippen LogP contribution in [0.25, 0.3) is 10.8 Å². The zero-order valence-corrected chi connectivity index (χ0v) is 10.3. The number of hydrogen-bond donors (Lipinski definition) is 2. The average molecular weight is 244 g/mol. The molecule has 0 fully saturated rings. The molecule has 0 spiro atoms. The minimum absolute atomic E-state index is 0.129. The summed E-state index contributed by atoms with van der Waals surface area (Å²) < 4.78 is 5.36. The van der Waals surface area contributed by atoms with Gasteiger partial charge in [-0.25, -0.2) is 0 Å². The van der Waals surface area contributed by atoms with Crippen molar-refractivity contribution in [2.24, 2.45) is 0 Å². The molecule has 0 radical (unpaired) electrons. The number of phenols is 2. The third-order valence-corrected chi connectivity index (χ3v) is 3.85. The Hall–Kier alpha value is -1.74. The highest BCUT2D eigenvalue weighted by Crippen LogP contribution is 2.42. The van der Waals surface area contributed by atoms with Gasteiger partial charge < -0.3 is 14.9 Å². The maximum Gasteiger partial charge on any atom is 0.127 e. The third-order valence-electron chi connectivity index (χ3n) is 3.85. The first-order valence-electron chi connectivity index (χ1n) is 6.19. The summed E-state index contributed by atoms with van der Waals surface area (Å²) >= 11 is 0. The summed E-state index contributed by atoms with van der Waals surface area (Å²) in [6.07, 6.45) is 2.42. The molecule has 0 saturated carbocycles. The Morgan fingerprint density at radius 3 is 2.28 bits per heavy atom. The highest BCUT2D eigenvalue weighted by Gasteiger charge is 2.25. The first-order valence-corrected chi connectivity index (χ1v) is 6.19. The van der Waals surface area contributed by atoms with Crippen LogP contribution in [0.4, 0.5) is 0 Å². The molecule has 1 unspecified atom stereocenters. The number of ether oxygens (including phenoxy) is 1. The van der Waals surface area contributed by atoms with Crippen LogP contribution in [0.15, 0.2) is 24.3 Å². The molecule has 0 aliphatic heterocycles. The zero-order chi connectivity index (χ0) is 12.7. The summed E-state index contributed by atoms with van der Waals surface area (Å²) in [5.74, 6) is 0.605. The first-order chi connectivity index (χ1) is 8.72. The van der Waals surface area contributed by atoms with E-state index in [0.717, 1.165) is 29.4 Å². The SMILES string of the molecule is COC1CCc2c(c(O)c3ccccc3c2O)C1. The van der Waals surface area contributed by atoms with E-state index in [9.17, 15) is 10.2 Å². The van der Waals surface area contributed by atoms with E-state index in [2.05, 4.69) is 0 Å². The van der Waals surface area contributed by atoms with Crippen LogP contribution in [0.1, 0.15) is 17.5 Å². The van der Waals surface area contributed by atoms with Crippen molar-refractivity contribution in [2.75, 3.05) is 7.11 Å². The summed E-state index contributed by atoms with van der Waals surface area (Å²) in [5.41, 5.74) is 1.71. The molecular weight excluding hydrogens is 228 g/mol. The number of phenolic OH excluding ortho intramolecular Hbond substituents is 2. The molecular formula is C15H16O3. The molecule has 1 aliphatic carbocycles. The van der Waals surface area contributed by atoms with Crippen molar-refractivity contribution in [2.45, 2.75) is 25.4 Å². The number of hydrogen-bond acceptors (Lipinski definition) is 3. The van der Waals surface area contributed by atoms with Gasteiger partial charge in [0.15, 0.2) is 0 Å². The van der Waals surface area contributed by atoms with Gasteiger partial charge in [-0.05, 0) is 12.8 Å².